The Balaban J connectivity index is 1.62. The van der Waals surface area contributed by atoms with Gasteiger partial charge in [0.05, 0.1) is 5.25 Å². The average molecular weight is 439 g/mol. The number of rotatable bonds is 6. The van der Waals surface area contributed by atoms with Gasteiger partial charge in [-0.15, -0.1) is 11.8 Å². The first-order chi connectivity index (χ1) is 14.3. The van der Waals surface area contributed by atoms with Crippen LogP contribution in [0.4, 0.5) is 11.4 Å². The second-order valence-corrected chi connectivity index (χ2v) is 8.88. The summed E-state index contributed by atoms with van der Waals surface area (Å²) in [4.78, 5) is 25.9. The van der Waals surface area contributed by atoms with E-state index in [-0.39, 0.29) is 17.1 Å². The highest BCUT2D eigenvalue weighted by molar-refractivity contribution is 8.00. The van der Waals surface area contributed by atoms with Crippen LogP contribution >= 0.6 is 23.4 Å². The Labute approximate surface area is 186 Å². The zero-order valence-electron chi connectivity index (χ0n) is 17.0. The molecule has 1 unspecified atom stereocenters. The smallest absolute Gasteiger partial charge is 0.255 e. The summed E-state index contributed by atoms with van der Waals surface area (Å²) >= 11 is 7.55. The molecule has 0 spiro atoms. The maximum atomic E-state index is 12.5. The van der Waals surface area contributed by atoms with Gasteiger partial charge in [-0.1, -0.05) is 41.4 Å². The van der Waals surface area contributed by atoms with Crippen LogP contribution in [0, 0.1) is 13.8 Å². The fourth-order valence-corrected chi connectivity index (χ4v) is 3.83. The lowest BCUT2D eigenvalue weighted by Gasteiger charge is -2.13. The van der Waals surface area contributed by atoms with E-state index in [1.165, 1.54) is 11.8 Å². The summed E-state index contributed by atoms with van der Waals surface area (Å²) in [5.74, 6) is -0.284. The van der Waals surface area contributed by atoms with Crippen LogP contribution in [0.2, 0.25) is 5.02 Å². The zero-order valence-corrected chi connectivity index (χ0v) is 18.6. The normalized spacial score (nSPS) is 11.6. The number of hydrogen-bond acceptors (Lipinski definition) is 3. The van der Waals surface area contributed by atoms with E-state index in [0.717, 1.165) is 16.0 Å². The molecule has 2 N–H and O–H groups in total. The fourth-order valence-electron chi connectivity index (χ4n) is 2.73. The van der Waals surface area contributed by atoms with E-state index in [0.29, 0.717) is 22.0 Å². The molecule has 0 aliphatic heterocycles. The van der Waals surface area contributed by atoms with Crippen molar-refractivity contribution < 1.29 is 9.59 Å². The van der Waals surface area contributed by atoms with E-state index in [1.807, 2.05) is 69.3 Å². The summed E-state index contributed by atoms with van der Waals surface area (Å²) in [7, 11) is 0. The predicted octanol–water partition coefficient (Wildman–Crippen LogP) is 6.33. The lowest BCUT2D eigenvalue weighted by atomic mass is 10.1. The molecule has 0 heterocycles. The molecule has 6 heteroatoms. The highest BCUT2D eigenvalue weighted by Gasteiger charge is 2.15. The van der Waals surface area contributed by atoms with Crippen LogP contribution in [0.3, 0.4) is 0 Å². The van der Waals surface area contributed by atoms with Crippen molar-refractivity contribution in [2.75, 3.05) is 10.6 Å². The van der Waals surface area contributed by atoms with Crippen molar-refractivity contribution in [3.05, 3.63) is 88.4 Å². The van der Waals surface area contributed by atoms with Gasteiger partial charge >= 0.3 is 0 Å². The molecule has 3 rings (SSSR count). The van der Waals surface area contributed by atoms with Gasteiger partial charge in [0.1, 0.15) is 0 Å². The van der Waals surface area contributed by atoms with E-state index in [1.54, 1.807) is 18.2 Å². The average Bonchev–Trinajstić information content (AvgIpc) is 2.71. The second-order valence-electron chi connectivity index (χ2n) is 7.06. The van der Waals surface area contributed by atoms with E-state index in [4.69, 9.17) is 11.6 Å². The van der Waals surface area contributed by atoms with Gasteiger partial charge in [-0.25, -0.2) is 0 Å². The molecule has 0 aliphatic rings. The number of aryl methyl sites for hydroxylation is 2. The Morgan fingerprint density at radius 1 is 0.900 bits per heavy atom. The van der Waals surface area contributed by atoms with Crippen LogP contribution in [-0.4, -0.2) is 17.1 Å². The first-order valence-electron chi connectivity index (χ1n) is 9.53. The number of carbonyl (C=O) groups is 2. The van der Waals surface area contributed by atoms with Crippen molar-refractivity contribution in [3.8, 4) is 0 Å². The van der Waals surface area contributed by atoms with Crippen LogP contribution in [0.15, 0.2) is 71.6 Å². The molecule has 0 aromatic heterocycles. The van der Waals surface area contributed by atoms with Crippen molar-refractivity contribution in [1.82, 2.24) is 0 Å². The number of thioether (sulfide) groups is 1. The van der Waals surface area contributed by atoms with Crippen LogP contribution in [0.25, 0.3) is 0 Å². The highest BCUT2D eigenvalue weighted by atomic mass is 35.5. The lowest BCUT2D eigenvalue weighted by Crippen LogP contribution is -2.22. The topological polar surface area (TPSA) is 58.2 Å². The molecular formula is C24H23ClN2O2S. The van der Waals surface area contributed by atoms with Gasteiger partial charge in [-0.3, -0.25) is 9.59 Å². The third-order valence-electron chi connectivity index (χ3n) is 4.53. The van der Waals surface area contributed by atoms with Crippen molar-refractivity contribution >= 4 is 46.6 Å². The minimum atomic E-state index is -0.326. The standard InChI is InChI=1S/C24H23ClN2O2S/c1-15-7-10-18(11-8-15)24(29)27-19-5-4-6-21(13-19)30-17(3)23(28)26-20-12-9-16(2)22(25)14-20/h4-14,17H,1-3H3,(H,26,28)(H,27,29). The minimum Gasteiger partial charge on any atom is -0.325 e. The molecule has 30 heavy (non-hydrogen) atoms. The van der Waals surface area contributed by atoms with Crippen molar-refractivity contribution in [1.29, 1.82) is 0 Å². The van der Waals surface area contributed by atoms with Gasteiger partial charge in [0.25, 0.3) is 5.91 Å². The summed E-state index contributed by atoms with van der Waals surface area (Å²) in [5.41, 5.74) is 4.01. The molecule has 3 aromatic rings. The Kier molecular flexibility index (Phi) is 7.19. The highest BCUT2D eigenvalue weighted by Crippen LogP contribution is 2.27. The van der Waals surface area contributed by atoms with Crippen molar-refractivity contribution in [2.24, 2.45) is 0 Å². The molecule has 0 fully saturated rings. The second kappa shape index (κ2) is 9.83. The number of nitrogens with one attached hydrogen (secondary N) is 2. The Hall–Kier alpha value is -2.76. The van der Waals surface area contributed by atoms with Gasteiger partial charge in [0.2, 0.25) is 5.91 Å². The van der Waals surface area contributed by atoms with Crippen LogP contribution in [0.1, 0.15) is 28.4 Å². The van der Waals surface area contributed by atoms with Gasteiger partial charge < -0.3 is 10.6 Å². The summed E-state index contributed by atoms with van der Waals surface area (Å²) in [5, 5.41) is 6.08. The SMILES string of the molecule is Cc1ccc(C(=O)Nc2cccc(SC(C)C(=O)Nc3ccc(C)c(Cl)c3)c2)cc1. The fraction of sp³-hybridized carbons (Fsp3) is 0.167. The molecule has 0 radical (unpaired) electrons. The van der Waals surface area contributed by atoms with Gasteiger partial charge in [0.15, 0.2) is 0 Å². The Morgan fingerprint density at radius 2 is 1.60 bits per heavy atom. The van der Waals surface area contributed by atoms with Crippen LogP contribution in [-0.2, 0) is 4.79 Å². The molecule has 154 valence electrons. The Bertz CT molecular complexity index is 1070. The summed E-state index contributed by atoms with van der Waals surface area (Å²) in [6.45, 7) is 5.73. The third-order valence-corrected chi connectivity index (χ3v) is 6.03. The quantitative estimate of drug-likeness (QED) is 0.442. The number of amides is 2. The van der Waals surface area contributed by atoms with E-state index >= 15 is 0 Å². The molecule has 1 atom stereocenters. The maximum absolute atomic E-state index is 12.5. The number of anilines is 2. The zero-order chi connectivity index (χ0) is 21.7. The van der Waals surface area contributed by atoms with Crippen LogP contribution in [0.5, 0.6) is 0 Å². The van der Waals surface area contributed by atoms with E-state index in [9.17, 15) is 9.59 Å². The molecule has 0 saturated carbocycles. The number of carbonyl (C=O) groups excluding carboxylic acids is 2. The van der Waals surface area contributed by atoms with Gasteiger partial charge in [-0.2, -0.15) is 0 Å². The first kappa shape index (κ1) is 21.9. The van der Waals surface area contributed by atoms with Gasteiger partial charge in [0, 0.05) is 26.9 Å². The third kappa shape index (κ3) is 5.88. The van der Waals surface area contributed by atoms with Crippen molar-refractivity contribution in [2.45, 2.75) is 30.9 Å². The lowest BCUT2D eigenvalue weighted by molar-refractivity contribution is -0.115. The van der Waals surface area contributed by atoms with E-state index in [2.05, 4.69) is 10.6 Å². The predicted molar refractivity (Wildman–Crippen MR) is 126 cm³/mol. The first-order valence-corrected chi connectivity index (χ1v) is 10.8. The molecule has 2 amide bonds. The number of halogens is 1. The maximum Gasteiger partial charge on any atom is 0.255 e. The Morgan fingerprint density at radius 3 is 2.30 bits per heavy atom. The largest absolute Gasteiger partial charge is 0.325 e. The monoisotopic (exact) mass is 438 g/mol. The molecule has 0 saturated heterocycles. The molecule has 0 aliphatic carbocycles. The summed E-state index contributed by atoms with van der Waals surface area (Å²) in [6.07, 6.45) is 0. The summed E-state index contributed by atoms with van der Waals surface area (Å²) < 4.78 is 0. The molecule has 0 bridgehead atoms. The van der Waals surface area contributed by atoms with Crippen LogP contribution < -0.4 is 10.6 Å². The minimum absolute atomic E-state index is 0.117. The molecule has 4 nitrogen and oxygen atoms in total. The van der Waals surface area contributed by atoms with Gasteiger partial charge in [-0.05, 0) is 68.8 Å². The summed E-state index contributed by atoms with van der Waals surface area (Å²) in [6, 6.07) is 20.3. The molecular weight excluding hydrogens is 416 g/mol. The number of benzene rings is 3. The van der Waals surface area contributed by atoms with Crippen molar-refractivity contribution in [3.63, 3.8) is 0 Å². The van der Waals surface area contributed by atoms with E-state index < -0.39 is 0 Å². The molecule has 3 aromatic carbocycles. The number of hydrogen-bond donors (Lipinski definition) is 2.